The van der Waals surface area contributed by atoms with Gasteiger partial charge in [-0.3, -0.25) is 0 Å². The topological polar surface area (TPSA) is 6.48 Å². The third-order valence-corrected chi connectivity index (χ3v) is 17.3. The molecule has 0 atom stereocenters. The molecule has 0 aromatic heterocycles. The van der Waals surface area contributed by atoms with Gasteiger partial charge in [0, 0.05) is 31.0 Å². The third kappa shape index (κ3) is 5.59. The van der Waals surface area contributed by atoms with Crippen LogP contribution in [0.25, 0.3) is 54.9 Å². The normalized spacial score (nSPS) is 14.2. The van der Waals surface area contributed by atoms with Gasteiger partial charge in [-0.25, -0.2) is 0 Å². The molecule has 0 amide bonds. The second-order valence-corrected chi connectivity index (χ2v) is 21.2. The van der Waals surface area contributed by atoms with Crippen LogP contribution in [0.1, 0.15) is 33.4 Å². The molecular weight excluding hydrogens is 873 g/mol. The number of rotatable bonds is 4. The van der Waals surface area contributed by atoms with Crippen molar-refractivity contribution in [3.8, 4) is 33.4 Å². The minimum atomic E-state index is -0.506. The Morgan fingerprint density at radius 1 is 0.319 bits per heavy atom. The molecule has 4 aliphatic rings. The minimum absolute atomic E-state index is 0.506. The first kappa shape index (κ1) is 39.3. The molecule has 0 fully saturated rings. The van der Waals surface area contributed by atoms with Crippen molar-refractivity contribution in [2.24, 2.45) is 0 Å². The van der Waals surface area contributed by atoms with Crippen molar-refractivity contribution in [1.82, 2.24) is 0 Å². The number of fused-ring (bicyclic) bond motifs is 11. The van der Waals surface area contributed by atoms with Gasteiger partial charge in [-0.05, 0) is 188 Å². The smallest absolute Gasteiger partial charge is 0.0726 e. The van der Waals surface area contributed by atoms with Gasteiger partial charge < -0.3 is 9.80 Å². The number of hydrogen-bond donors (Lipinski definition) is 0. The van der Waals surface area contributed by atoms with Gasteiger partial charge in [0.05, 0.1) is 28.2 Å². The summed E-state index contributed by atoms with van der Waals surface area (Å²) < 4.78 is 0. The molecule has 0 N–H and O–H groups in total. The molecule has 4 heteroatoms. The van der Waals surface area contributed by atoms with Gasteiger partial charge in [0.2, 0.25) is 0 Å². The van der Waals surface area contributed by atoms with Crippen molar-refractivity contribution >= 4 is 79.2 Å². The summed E-state index contributed by atoms with van der Waals surface area (Å²) in [6.07, 6.45) is 0. The zero-order chi connectivity index (χ0) is 45.5. The number of hydrogen-bond acceptors (Lipinski definition) is 4. The molecule has 0 saturated heterocycles. The second-order valence-electron chi connectivity index (χ2n) is 19.0. The van der Waals surface area contributed by atoms with E-state index in [1.165, 1.54) is 142 Å². The zero-order valence-electron chi connectivity index (χ0n) is 38.0. The number of benzene rings is 11. The molecule has 2 aliphatic heterocycles. The summed E-state index contributed by atoms with van der Waals surface area (Å²) in [6, 6.07) is 82.8. The van der Waals surface area contributed by atoms with Crippen LogP contribution >= 0.6 is 23.5 Å². The number of anilines is 6. The minimum Gasteiger partial charge on any atom is -0.308 e. The molecule has 324 valence electrons. The van der Waals surface area contributed by atoms with Crippen molar-refractivity contribution in [1.29, 1.82) is 0 Å². The maximum absolute atomic E-state index is 2.55. The summed E-state index contributed by atoms with van der Waals surface area (Å²) in [4.78, 5) is 9.89. The van der Waals surface area contributed by atoms with Gasteiger partial charge in [-0.2, -0.15) is 0 Å². The lowest BCUT2D eigenvalue weighted by Gasteiger charge is -2.33. The first-order chi connectivity index (χ1) is 34.0. The number of para-hydroxylation sites is 2. The van der Waals surface area contributed by atoms with Gasteiger partial charge in [-0.1, -0.05) is 156 Å². The van der Waals surface area contributed by atoms with Gasteiger partial charge in [-0.15, -0.1) is 0 Å². The molecular formula is C65H42N2S2. The Bertz CT molecular complexity index is 3740. The number of nitrogens with zero attached hydrogens (tertiary/aromatic N) is 2. The van der Waals surface area contributed by atoms with Gasteiger partial charge >= 0.3 is 0 Å². The van der Waals surface area contributed by atoms with E-state index in [1.54, 1.807) is 0 Å². The quantitative estimate of drug-likeness (QED) is 0.162. The summed E-state index contributed by atoms with van der Waals surface area (Å²) in [7, 11) is 0. The molecule has 0 bridgehead atoms. The van der Waals surface area contributed by atoms with E-state index in [0.717, 1.165) is 0 Å². The molecule has 2 heterocycles. The van der Waals surface area contributed by atoms with Crippen LogP contribution in [0.4, 0.5) is 34.1 Å². The summed E-state index contributed by atoms with van der Waals surface area (Å²) >= 11 is 3.74. The predicted molar refractivity (Wildman–Crippen MR) is 290 cm³/mol. The van der Waals surface area contributed by atoms with Crippen LogP contribution in [-0.4, -0.2) is 0 Å². The van der Waals surface area contributed by atoms with E-state index < -0.39 is 5.41 Å². The van der Waals surface area contributed by atoms with Crippen molar-refractivity contribution < 1.29 is 0 Å². The summed E-state index contributed by atoms with van der Waals surface area (Å²) in [5.74, 6) is 0. The molecule has 11 aromatic carbocycles. The fourth-order valence-electron chi connectivity index (χ4n) is 12.0. The zero-order valence-corrected chi connectivity index (χ0v) is 39.6. The monoisotopic (exact) mass is 914 g/mol. The first-order valence-corrected chi connectivity index (χ1v) is 25.4. The van der Waals surface area contributed by atoms with Crippen LogP contribution in [0.5, 0.6) is 0 Å². The van der Waals surface area contributed by atoms with Crippen LogP contribution in [-0.2, 0) is 5.41 Å². The highest BCUT2D eigenvalue weighted by Crippen LogP contribution is 2.64. The van der Waals surface area contributed by atoms with Crippen molar-refractivity contribution in [3.63, 3.8) is 0 Å². The molecule has 0 unspecified atom stereocenters. The number of aryl methyl sites for hydroxylation is 2. The maximum Gasteiger partial charge on any atom is 0.0726 e. The van der Waals surface area contributed by atoms with Crippen molar-refractivity contribution in [3.05, 3.63) is 252 Å². The summed E-state index contributed by atoms with van der Waals surface area (Å²) in [5, 5.41) is 5.28. The molecule has 0 saturated carbocycles. The molecule has 69 heavy (non-hydrogen) atoms. The molecule has 11 aromatic rings. The fourth-order valence-corrected chi connectivity index (χ4v) is 14.2. The first-order valence-electron chi connectivity index (χ1n) is 23.8. The SMILES string of the molecule is Cc1ccc(N2c3ccccc3Sc3cc(-c4cc5c6c(ccc7cc(-c8ccc9c(c8)Sc8ccccc8N9c8ccc(C)cc8)cc(c76)C56c5ccccc5-c5ccccc56)c4)ccc32)cc1. The van der Waals surface area contributed by atoms with Gasteiger partial charge in [0.15, 0.2) is 0 Å². The maximum atomic E-state index is 2.55. The second kappa shape index (κ2) is 14.6. The Hall–Kier alpha value is -7.76. The lowest BCUT2D eigenvalue weighted by molar-refractivity contribution is 0.797. The largest absolute Gasteiger partial charge is 0.308 e. The van der Waals surface area contributed by atoms with Crippen molar-refractivity contribution in [2.75, 3.05) is 9.80 Å². The molecule has 1 spiro atoms. The van der Waals surface area contributed by atoms with E-state index in [1.807, 2.05) is 23.5 Å². The van der Waals surface area contributed by atoms with Crippen LogP contribution in [0.3, 0.4) is 0 Å². The van der Waals surface area contributed by atoms with E-state index in [2.05, 4.69) is 242 Å². The summed E-state index contributed by atoms with van der Waals surface area (Å²) in [5.41, 5.74) is 22.2. The fraction of sp³-hybridized carbons (Fsp3) is 0.0462. The Labute approximate surface area is 410 Å². The standard InChI is InChI=1S/C65H42N2S2/c1-39-19-27-47(28-20-39)66-55-15-7-9-17-59(55)68-61-37-41(25-31-57(61)66)45-33-43-23-24-44-34-46(42-26-32-58-62(38-42)69-60-18-10-8-16-56(60)67(58)48-29-21-40(2)22-30-48)36-54-64(44)63(43)53(35-45)65(54)51-13-5-3-11-49(51)50-12-4-6-14-52(50)65/h3-38H,1-2H3. The lowest BCUT2D eigenvalue weighted by atomic mass is 9.69. The molecule has 0 radical (unpaired) electrons. The van der Waals surface area contributed by atoms with Crippen molar-refractivity contribution in [2.45, 2.75) is 38.8 Å². The Morgan fingerprint density at radius 3 is 1.19 bits per heavy atom. The van der Waals surface area contributed by atoms with Crippen LogP contribution in [0.2, 0.25) is 0 Å². The van der Waals surface area contributed by atoms with Crippen LogP contribution in [0, 0.1) is 13.8 Å². The van der Waals surface area contributed by atoms with E-state index in [4.69, 9.17) is 0 Å². The predicted octanol–water partition coefficient (Wildman–Crippen LogP) is 18.5. The van der Waals surface area contributed by atoms with E-state index in [9.17, 15) is 0 Å². The average molecular weight is 915 g/mol. The molecule has 2 aliphatic carbocycles. The molecule has 2 nitrogen and oxygen atoms in total. The Kier molecular flexibility index (Phi) is 8.32. The highest BCUT2D eigenvalue weighted by molar-refractivity contribution is 8.00. The lowest BCUT2D eigenvalue weighted by Crippen LogP contribution is -2.26. The van der Waals surface area contributed by atoms with E-state index in [-0.39, 0.29) is 0 Å². The summed E-state index contributed by atoms with van der Waals surface area (Å²) in [6.45, 7) is 4.31. The van der Waals surface area contributed by atoms with E-state index >= 15 is 0 Å². The van der Waals surface area contributed by atoms with Crippen LogP contribution in [0.15, 0.2) is 238 Å². The Balaban J connectivity index is 0.922. The third-order valence-electron chi connectivity index (χ3n) is 15.1. The molecule has 15 rings (SSSR count). The van der Waals surface area contributed by atoms with Gasteiger partial charge in [0.1, 0.15) is 0 Å². The highest BCUT2D eigenvalue weighted by Gasteiger charge is 2.51. The van der Waals surface area contributed by atoms with E-state index in [0.29, 0.717) is 0 Å². The van der Waals surface area contributed by atoms with Crippen LogP contribution < -0.4 is 9.80 Å². The Morgan fingerprint density at radius 2 is 0.725 bits per heavy atom. The van der Waals surface area contributed by atoms with Gasteiger partial charge in [0.25, 0.3) is 0 Å². The average Bonchev–Trinajstić information content (AvgIpc) is 3.87. The highest BCUT2D eigenvalue weighted by atomic mass is 32.2.